The molecule has 0 spiro atoms. The van der Waals surface area contributed by atoms with Gasteiger partial charge in [0.25, 0.3) is 0 Å². The van der Waals surface area contributed by atoms with E-state index in [1.165, 1.54) is 0 Å². The zero-order valence-corrected chi connectivity index (χ0v) is 16.2. The van der Waals surface area contributed by atoms with Gasteiger partial charge in [-0.1, -0.05) is 13.3 Å². The number of hydrogen-bond acceptors (Lipinski definition) is 4. The summed E-state index contributed by atoms with van der Waals surface area (Å²) in [5.41, 5.74) is -0.791. The topological polar surface area (TPSA) is 59.6 Å². The number of carbonyl (C=O) groups is 1. The highest BCUT2D eigenvalue weighted by molar-refractivity contribution is 5.67. The second kappa shape index (κ2) is 7.39. The molecule has 0 aliphatic carbocycles. The fourth-order valence-corrected chi connectivity index (χ4v) is 3.22. The standard InChI is InChI=1S/C18H36N2O3/c1-9-10-13(12-19-15(21)22-16(2,3)4)20-14-11-17(5,6)23-18(14,7)8/h13-14,20H,9-12H2,1-8H3,(H,19,21). The van der Waals surface area contributed by atoms with Crippen molar-refractivity contribution in [3.05, 3.63) is 0 Å². The van der Waals surface area contributed by atoms with Crippen LogP contribution in [0.3, 0.4) is 0 Å². The fraction of sp³-hybridized carbons (Fsp3) is 0.944. The summed E-state index contributed by atoms with van der Waals surface area (Å²) in [6.07, 6.45) is 2.67. The Balaban J connectivity index is 2.57. The van der Waals surface area contributed by atoms with Crippen molar-refractivity contribution in [1.29, 1.82) is 0 Å². The molecular weight excluding hydrogens is 292 g/mol. The quantitative estimate of drug-likeness (QED) is 0.782. The van der Waals surface area contributed by atoms with E-state index in [9.17, 15) is 4.79 Å². The number of carbonyl (C=O) groups excluding carboxylic acids is 1. The lowest BCUT2D eigenvalue weighted by Gasteiger charge is -2.31. The van der Waals surface area contributed by atoms with E-state index in [1.54, 1.807) is 0 Å². The lowest BCUT2D eigenvalue weighted by molar-refractivity contribution is -0.0704. The zero-order chi connectivity index (χ0) is 17.9. The molecule has 136 valence electrons. The Morgan fingerprint density at radius 1 is 1.30 bits per heavy atom. The monoisotopic (exact) mass is 328 g/mol. The van der Waals surface area contributed by atoms with E-state index in [0.717, 1.165) is 19.3 Å². The van der Waals surface area contributed by atoms with Gasteiger partial charge < -0.3 is 20.1 Å². The van der Waals surface area contributed by atoms with Crippen LogP contribution >= 0.6 is 0 Å². The molecule has 1 aliphatic heterocycles. The Morgan fingerprint density at radius 3 is 2.35 bits per heavy atom. The van der Waals surface area contributed by atoms with Gasteiger partial charge in [0.05, 0.1) is 11.2 Å². The van der Waals surface area contributed by atoms with Gasteiger partial charge in [0, 0.05) is 18.6 Å². The lowest BCUT2D eigenvalue weighted by atomic mass is 9.93. The Labute approximate surface area is 141 Å². The van der Waals surface area contributed by atoms with Crippen LogP contribution in [-0.2, 0) is 9.47 Å². The Morgan fingerprint density at radius 2 is 1.91 bits per heavy atom. The van der Waals surface area contributed by atoms with Gasteiger partial charge in [0.1, 0.15) is 5.60 Å². The van der Waals surface area contributed by atoms with Crippen LogP contribution in [0, 0.1) is 0 Å². The molecule has 0 aromatic rings. The van der Waals surface area contributed by atoms with Crippen molar-refractivity contribution in [3.63, 3.8) is 0 Å². The maximum absolute atomic E-state index is 11.8. The first-order valence-electron chi connectivity index (χ1n) is 8.78. The molecule has 0 aromatic carbocycles. The smallest absolute Gasteiger partial charge is 0.407 e. The average molecular weight is 328 g/mol. The van der Waals surface area contributed by atoms with Crippen LogP contribution in [0.4, 0.5) is 4.79 Å². The summed E-state index contributed by atoms with van der Waals surface area (Å²) in [7, 11) is 0. The Bertz CT molecular complexity index is 400. The molecule has 1 aliphatic rings. The van der Waals surface area contributed by atoms with Crippen LogP contribution in [0.25, 0.3) is 0 Å². The first kappa shape index (κ1) is 20.2. The lowest BCUT2D eigenvalue weighted by Crippen LogP contribution is -2.51. The highest BCUT2D eigenvalue weighted by atomic mass is 16.6. The van der Waals surface area contributed by atoms with Gasteiger partial charge in [0.2, 0.25) is 0 Å². The van der Waals surface area contributed by atoms with E-state index in [4.69, 9.17) is 9.47 Å². The van der Waals surface area contributed by atoms with Crippen molar-refractivity contribution in [3.8, 4) is 0 Å². The Kier molecular flexibility index (Phi) is 6.50. The molecule has 1 saturated heterocycles. The van der Waals surface area contributed by atoms with Gasteiger partial charge >= 0.3 is 6.09 Å². The van der Waals surface area contributed by atoms with Gasteiger partial charge in [-0.2, -0.15) is 0 Å². The maximum atomic E-state index is 11.8. The fourth-order valence-electron chi connectivity index (χ4n) is 3.22. The van der Waals surface area contributed by atoms with Crippen LogP contribution in [0.5, 0.6) is 0 Å². The summed E-state index contributed by atoms with van der Waals surface area (Å²) in [5.74, 6) is 0. The maximum Gasteiger partial charge on any atom is 0.407 e. The number of rotatable bonds is 6. The molecule has 2 unspecified atom stereocenters. The molecule has 0 bridgehead atoms. The van der Waals surface area contributed by atoms with Crippen molar-refractivity contribution in [2.45, 2.75) is 104 Å². The number of alkyl carbamates (subject to hydrolysis) is 1. The molecule has 1 heterocycles. The molecule has 2 N–H and O–H groups in total. The Hall–Kier alpha value is -0.810. The van der Waals surface area contributed by atoms with E-state index in [1.807, 2.05) is 20.8 Å². The molecule has 1 fully saturated rings. The molecule has 0 radical (unpaired) electrons. The predicted octanol–water partition coefficient (Wildman–Crippen LogP) is 3.62. The van der Waals surface area contributed by atoms with Crippen LogP contribution < -0.4 is 10.6 Å². The molecule has 1 rings (SSSR count). The van der Waals surface area contributed by atoms with E-state index in [-0.39, 0.29) is 29.4 Å². The highest BCUT2D eigenvalue weighted by Crippen LogP contribution is 2.37. The second-order valence-electron chi connectivity index (χ2n) is 8.76. The normalized spacial score (nSPS) is 24.3. The van der Waals surface area contributed by atoms with Crippen molar-refractivity contribution >= 4 is 6.09 Å². The summed E-state index contributed by atoms with van der Waals surface area (Å²) in [5, 5.41) is 6.57. The minimum atomic E-state index is -0.469. The van der Waals surface area contributed by atoms with Crippen molar-refractivity contribution in [2.75, 3.05) is 6.54 Å². The van der Waals surface area contributed by atoms with Gasteiger partial charge in [0.15, 0.2) is 0 Å². The van der Waals surface area contributed by atoms with Gasteiger partial charge in [-0.05, 0) is 61.3 Å². The summed E-state index contributed by atoms with van der Waals surface area (Å²) in [6, 6.07) is 0.490. The molecule has 23 heavy (non-hydrogen) atoms. The largest absolute Gasteiger partial charge is 0.444 e. The third-order valence-electron chi connectivity index (χ3n) is 4.04. The zero-order valence-electron chi connectivity index (χ0n) is 16.2. The number of amides is 1. The molecular formula is C18H36N2O3. The molecule has 0 aromatic heterocycles. The first-order chi connectivity index (χ1) is 10.3. The number of nitrogens with one attached hydrogen (secondary N) is 2. The summed E-state index contributed by atoms with van der Waals surface area (Å²) in [4.78, 5) is 11.8. The summed E-state index contributed by atoms with van der Waals surface area (Å²) >= 11 is 0. The molecule has 5 nitrogen and oxygen atoms in total. The molecule has 0 saturated carbocycles. The predicted molar refractivity (Wildman–Crippen MR) is 93.7 cm³/mol. The van der Waals surface area contributed by atoms with E-state index in [0.29, 0.717) is 6.54 Å². The SMILES string of the molecule is CCCC(CNC(=O)OC(C)(C)C)NC1CC(C)(C)OC1(C)C. The number of ether oxygens (including phenoxy) is 2. The minimum Gasteiger partial charge on any atom is -0.444 e. The van der Waals surface area contributed by atoms with Crippen molar-refractivity contribution in [2.24, 2.45) is 0 Å². The number of hydrogen-bond donors (Lipinski definition) is 2. The third-order valence-corrected chi connectivity index (χ3v) is 4.04. The second-order valence-corrected chi connectivity index (χ2v) is 8.76. The van der Waals surface area contributed by atoms with Gasteiger partial charge in [-0.15, -0.1) is 0 Å². The molecule has 1 amide bonds. The highest BCUT2D eigenvalue weighted by Gasteiger charge is 2.46. The van der Waals surface area contributed by atoms with Gasteiger partial charge in [-0.25, -0.2) is 4.79 Å². The van der Waals surface area contributed by atoms with Crippen LogP contribution in [0.2, 0.25) is 0 Å². The van der Waals surface area contributed by atoms with E-state index >= 15 is 0 Å². The van der Waals surface area contributed by atoms with Crippen molar-refractivity contribution < 1.29 is 14.3 Å². The molecule has 2 atom stereocenters. The molecule has 5 heteroatoms. The first-order valence-corrected chi connectivity index (χ1v) is 8.78. The van der Waals surface area contributed by atoms with Crippen molar-refractivity contribution in [1.82, 2.24) is 10.6 Å². The minimum absolute atomic E-state index is 0.115. The van der Waals surface area contributed by atoms with Crippen LogP contribution in [-0.4, -0.2) is 41.5 Å². The van der Waals surface area contributed by atoms with E-state index in [2.05, 4.69) is 45.3 Å². The summed E-state index contributed by atoms with van der Waals surface area (Å²) in [6.45, 7) is 16.8. The van der Waals surface area contributed by atoms with E-state index < -0.39 is 5.60 Å². The van der Waals surface area contributed by atoms with Gasteiger partial charge in [-0.3, -0.25) is 0 Å². The van der Waals surface area contributed by atoms with Crippen LogP contribution in [0.1, 0.15) is 74.7 Å². The average Bonchev–Trinajstić information content (AvgIpc) is 2.52. The van der Waals surface area contributed by atoms with Crippen LogP contribution in [0.15, 0.2) is 0 Å². The third kappa shape index (κ3) is 7.08. The summed E-state index contributed by atoms with van der Waals surface area (Å²) < 4.78 is 11.5.